The number of imide groups is 2. The van der Waals surface area contributed by atoms with Crippen LogP contribution in [0, 0.1) is 23.6 Å². The monoisotopic (exact) mass is 690 g/mol. The van der Waals surface area contributed by atoms with Crippen molar-refractivity contribution >= 4 is 64.3 Å². The number of phenolic OH excluding ortho intramolecular Hbond substituents is 1. The van der Waals surface area contributed by atoms with Gasteiger partial charge in [0.15, 0.2) is 21.2 Å². The summed E-state index contributed by atoms with van der Waals surface area (Å²) >= 11 is 14.8. The zero-order valence-electron chi connectivity index (χ0n) is 25.8. The predicted molar refractivity (Wildman–Crippen MR) is 177 cm³/mol. The fourth-order valence-electron chi connectivity index (χ4n) is 7.87. The number of methoxy groups -OCH3 is 2. The minimum absolute atomic E-state index is 0.00892. The van der Waals surface area contributed by atoms with Gasteiger partial charge in [0.25, 0.3) is 11.8 Å². The largest absolute Gasteiger partial charge is 0.502 e. The number of carbonyl (C=O) groups excluding carboxylic acids is 4. The molecule has 6 atom stereocenters. The summed E-state index contributed by atoms with van der Waals surface area (Å²) in [6.45, 7) is 3.75. The van der Waals surface area contributed by atoms with Crippen LogP contribution in [0.4, 0.5) is 15.8 Å². The van der Waals surface area contributed by atoms with Gasteiger partial charge in [-0.1, -0.05) is 36.4 Å². The molecule has 9 nitrogen and oxygen atoms in total. The number of hydrogen-bond donors (Lipinski definition) is 1. The van der Waals surface area contributed by atoms with E-state index in [9.17, 15) is 28.7 Å². The average molecular weight is 692 g/mol. The molecule has 2 aliphatic heterocycles. The Bertz CT molecular complexity index is 1920. The Morgan fingerprint density at radius 3 is 2.04 bits per heavy atom. The van der Waals surface area contributed by atoms with Crippen LogP contribution in [-0.4, -0.2) is 52.7 Å². The second-order valence-corrected chi connectivity index (χ2v) is 13.6. The molecule has 2 heterocycles. The third-order valence-corrected chi connectivity index (χ3v) is 11.5. The first-order valence-electron chi connectivity index (χ1n) is 15.2. The lowest BCUT2D eigenvalue weighted by molar-refractivity contribution is -0.125. The number of anilines is 2. The number of rotatable bonds is 6. The molecule has 3 aromatic rings. The van der Waals surface area contributed by atoms with Crippen LogP contribution in [0.5, 0.6) is 17.2 Å². The number of allylic oxidation sites excluding steroid dienone is 2. The molecule has 246 valence electrons. The third-order valence-electron chi connectivity index (χ3n) is 10.1. The van der Waals surface area contributed by atoms with Gasteiger partial charge in [-0.05, 0) is 78.4 Å². The molecule has 0 radical (unpaired) electrons. The van der Waals surface area contributed by atoms with Gasteiger partial charge in [0.2, 0.25) is 17.6 Å². The van der Waals surface area contributed by atoms with Crippen LogP contribution in [0.2, 0.25) is 0 Å². The molecule has 7 rings (SSSR count). The van der Waals surface area contributed by atoms with E-state index in [4.69, 9.17) is 32.7 Å². The van der Waals surface area contributed by atoms with E-state index >= 15 is 0 Å². The van der Waals surface area contributed by atoms with Gasteiger partial charge in [0.05, 0.1) is 37.4 Å². The number of alkyl halides is 2. The SMILES string of the molecule is C=Cc1ccc(N2C(=O)C3CC=C4C(CC5(Cl)C(=O)N(c6ccc(F)cc6)C(=O)C5(Cl)C4c4cc(OC)c(O)c(OC)c4)C3C2=O)cc1. The maximum absolute atomic E-state index is 14.5. The summed E-state index contributed by atoms with van der Waals surface area (Å²) in [7, 11) is 2.68. The van der Waals surface area contributed by atoms with Crippen molar-refractivity contribution in [2.45, 2.75) is 28.5 Å². The second kappa shape index (κ2) is 11.2. The van der Waals surface area contributed by atoms with Gasteiger partial charge >= 0.3 is 0 Å². The van der Waals surface area contributed by atoms with Gasteiger partial charge < -0.3 is 14.6 Å². The number of benzene rings is 3. The van der Waals surface area contributed by atoms with E-state index in [1.807, 2.05) is 0 Å². The van der Waals surface area contributed by atoms with E-state index in [0.29, 0.717) is 16.8 Å². The fraction of sp³-hybridized carbons (Fsp3) is 0.278. The summed E-state index contributed by atoms with van der Waals surface area (Å²) in [4.78, 5) is 54.9. The lowest BCUT2D eigenvalue weighted by Gasteiger charge is -2.50. The summed E-state index contributed by atoms with van der Waals surface area (Å²) in [6.07, 6.45) is 3.38. The van der Waals surface area contributed by atoms with Crippen molar-refractivity contribution < 1.29 is 38.1 Å². The van der Waals surface area contributed by atoms with Crippen LogP contribution in [0.3, 0.4) is 0 Å². The molecular weight excluding hydrogens is 662 g/mol. The highest BCUT2D eigenvalue weighted by molar-refractivity contribution is 6.58. The zero-order valence-corrected chi connectivity index (χ0v) is 27.3. The Kier molecular flexibility index (Phi) is 7.45. The highest BCUT2D eigenvalue weighted by atomic mass is 35.5. The van der Waals surface area contributed by atoms with Gasteiger partial charge in [-0.25, -0.2) is 9.29 Å². The Hall–Kier alpha value is -4.67. The standard InChI is InChI=1S/C36H29Cl2FN2O7/c1-4-18-5-9-21(10-6-18)40-31(43)24-14-13-23-25(28(24)32(40)44)17-35(37)33(45)41(22-11-7-20(39)8-12-22)34(46)36(35,38)29(23)19-15-26(47-2)30(42)27(16-19)48-3/h4-13,15-16,24-25,28-29,42H,1,14,17H2,2-3H3. The predicted octanol–water partition coefficient (Wildman–Crippen LogP) is 5.96. The van der Waals surface area contributed by atoms with Crippen LogP contribution in [-0.2, 0) is 19.2 Å². The van der Waals surface area contributed by atoms with Crippen LogP contribution < -0.4 is 19.3 Å². The van der Waals surface area contributed by atoms with Crippen molar-refractivity contribution in [3.05, 3.63) is 95.8 Å². The Morgan fingerprint density at radius 1 is 0.875 bits per heavy atom. The number of nitrogens with zero attached hydrogens (tertiary/aromatic N) is 2. The summed E-state index contributed by atoms with van der Waals surface area (Å²) in [6, 6.07) is 14.6. The molecular formula is C36H29Cl2FN2O7. The smallest absolute Gasteiger partial charge is 0.258 e. The molecule has 2 aliphatic carbocycles. The molecule has 12 heteroatoms. The molecule has 2 saturated heterocycles. The lowest BCUT2D eigenvalue weighted by atomic mass is 9.56. The molecule has 48 heavy (non-hydrogen) atoms. The minimum Gasteiger partial charge on any atom is -0.502 e. The Balaban J connectivity index is 1.41. The number of halogens is 3. The highest BCUT2D eigenvalue weighted by Gasteiger charge is 2.76. The van der Waals surface area contributed by atoms with Crippen LogP contribution in [0.25, 0.3) is 6.08 Å². The summed E-state index contributed by atoms with van der Waals surface area (Å²) in [5, 5.41) is 10.7. The van der Waals surface area contributed by atoms with Crippen LogP contribution in [0.1, 0.15) is 29.9 Å². The van der Waals surface area contributed by atoms with Crippen molar-refractivity contribution in [2.24, 2.45) is 17.8 Å². The number of amides is 4. The van der Waals surface area contributed by atoms with E-state index < -0.39 is 57.0 Å². The first kappa shape index (κ1) is 31.9. The van der Waals surface area contributed by atoms with E-state index in [0.717, 1.165) is 27.5 Å². The molecule has 3 aromatic carbocycles. The minimum atomic E-state index is -2.16. The molecule has 3 fully saturated rings. The second-order valence-electron chi connectivity index (χ2n) is 12.3. The van der Waals surface area contributed by atoms with Gasteiger partial charge in [-0.15, -0.1) is 23.2 Å². The number of phenols is 1. The molecule has 0 bridgehead atoms. The summed E-state index contributed by atoms with van der Waals surface area (Å²) < 4.78 is 24.7. The van der Waals surface area contributed by atoms with Crippen LogP contribution >= 0.6 is 23.2 Å². The number of hydrogen-bond acceptors (Lipinski definition) is 7. The first-order chi connectivity index (χ1) is 22.9. The Morgan fingerprint density at radius 2 is 1.46 bits per heavy atom. The number of ether oxygens (including phenoxy) is 2. The van der Waals surface area contributed by atoms with E-state index in [2.05, 4.69) is 6.58 Å². The van der Waals surface area contributed by atoms with Crippen molar-refractivity contribution in [2.75, 3.05) is 24.0 Å². The highest BCUT2D eigenvalue weighted by Crippen LogP contribution is 2.66. The number of aromatic hydroxyl groups is 1. The van der Waals surface area contributed by atoms with E-state index in [1.165, 1.54) is 38.5 Å². The molecule has 4 amide bonds. The fourth-order valence-corrected chi connectivity index (χ4v) is 8.80. The maximum atomic E-state index is 14.5. The normalized spacial score (nSPS) is 29.3. The van der Waals surface area contributed by atoms with Gasteiger partial charge in [-0.3, -0.25) is 24.1 Å². The van der Waals surface area contributed by atoms with Crippen molar-refractivity contribution in [3.63, 3.8) is 0 Å². The van der Waals surface area contributed by atoms with Gasteiger partial charge in [0, 0.05) is 5.92 Å². The van der Waals surface area contributed by atoms with E-state index in [1.54, 1.807) is 36.4 Å². The number of fused-ring (bicyclic) bond motifs is 4. The molecule has 1 saturated carbocycles. The van der Waals surface area contributed by atoms with Gasteiger partial charge in [0.1, 0.15) is 5.82 Å². The van der Waals surface area contributed by atoms with Crippen molar-refractivity contribution in [3.8, 4) is 17.2 Å². The van der Waals surface area contributed by atoms with E-state index in [-0.39, 0.29) is 41.7 Å². The quantitative estimate of drug-likeness (QED) is 0.193. The molecule has 6 unspecified atom stereocenters. The molecule has 0 spiro atoms. The molecule has 0 aromatic heterocycles. The third kappa shape index (κ3) is 4.21. The van der Waals surface area contributed by atoms with Crippen molar-refractivity contribution in [1.29, 1.82) is 0 Å². The zero-order chi connectivity index (χ0) is 34.3. The molecule has 1 N–H and O–H groups in total. The summed E-state index contributed by atoms with van der Waals surface area (Å²) in [5.41, 5.74) is 2.15. The topological polar surface area (TPSA) is 113 Å². The number of carbonyl (C=O) groups is 4. The summed E-state index contributed by atoms with van der Waals surface area (Å²) in [5.74, 6) is -6.99. The van der Waals surface area contributed by atoms with Crippen molar-refractivity contribution in [1.82, 2.24) is 0 Å². The van der Waals surface area contributed by atoms with Crippen LogP contribution in [0.15, 0.2) is 78.9 Å². The maximum Gasteiger partial charge on any atom is 0.258 e. The first-order valence-corrected chi connectivity index (χ1v) is 15.9. The lowest BCUT2D eigenvalue weighted by Crippen LogP contribution is -2.60. The Labute approximate surface area is 285 Å². The average Bonchev–Trinajstić information content (AvgIpc) is 3.43. The molecule has 4 aliphatic rings. The van der Waals surface area contributed by atoms with Gasteiger partial charge in [-0.2, -0.15) is 0 Å².